The molecule has 0 spiro atoms. The van der Waals surface area contributed by atoms with Crippen LogP contribution in [0.1, 0.15) is 49.7 Å². The molecule has 0 bridgehead atoms. The number of ether oxygens (including phenoxy) is 2. The second-order valence-corrected chi connectivity index (χ2v) is 9.16. The highest BCUT2D eigenvalue weighted by molar-refractivity contribution is 5.90. The van der Waals surface area contributed by atoms with Crippen molar-refractivity contribution < 1.29 is 50.2 Å². The van der Waals surface area contributed by atoms with Crippen LogP contribution in [0.25, 0.3) is 0 Å². The topological polar surface area (TPSA) is 69.7 Å². The minimum absolute atomic E-state index is 0.00405. The number of hydrogen-bond acceptors (Lipinski definition) is 5. The van der Waals surface area contributed by atoms with E-state index in [1.807, 2.05) is 0 Å². The number of benzene rings is 1. The number of hydrogen-bond donors (Lipinski definition) is 0. The summed E-state index contributed by atoms with van der Waals surface area (Å²) in [6.45, 7) is 1.68. The van der Waals surface area contributed by atoms with Crippen LogP contribution in [0.3, 0.4) is 0 Å². The van der Waals surface area contributed by atoms with Gasteiger partial charge in [-0.05, 0) is 66.7 Å². The summed E-state index contributed by atoms with van der Waals surface area (Å²) in [7, 11) is 0. The van der Waals surface area contributed by atoms with Crippen LogP contribution in [-0.2, 0) is 25.5 Å². The molecule has 1 aromatic rings. The van der Waals surface area contributed by atoms with Gasteiger partial charge in [0.2, 0.25) is 0 Å². The lowest BCUT2D eigenvalue weighted by Gasteiger charge is -2.49. The normalized spacial score (nSPS) is 31.3. The number of ketones is 1. The molecule has 1 unspecified atom stereocenters. The second-order valence-electron chi connectivity index (χ2n) is 9.16. The first kappa shape index (κ1) is 23.6. The number of alkyl halides is 6. The summed E-state index contributed by atoms with van der Waals surface area (Å²) in [6.07, 6.45) is -9.89. The Bertz CT molecular complexity index is 1000. The number of Topliss-reactive ketones (excluding diaryl/α,β-unsaturated/α-hetero) is 1. The van der Waals surface area contributed by atoms with Crippen LogP contribution in [0, 0.1) is 17.3 Å². The molecule has 180 valence electrons. The zero-order chi connectivity index (χ0) is 24.3. The predicted molar refractivity (Wildman–Crippen MR) is 99.1 cm³/mol. The standard InChI is InChI=1S/C22H20F6O5/c1-20-7-6-13-12-5-3-11(32-18(30)21(23,24)25)8-10(12)2-4-14(13)15(20)9-16(29)17(20)33-19(31)22(26,27)28/h3,5,8,13-15,17H,2,4,6-7,9H2,1H3/t13-,14?,15+,17-,20+/m1/s1. The van der Waals surface area contributed by atoms with Gasteiger partial charge in [-0.2, -0.15) is 26.3 Å². The lowest BCUT2D eigenvalue weighted by molar-refractivity contribution is -0.210. The maximum Gasteiger partial charge on any atom is 0.491 e. The Morgan fingerprint density at radius 1 is 1.03 bits per heavy atom. The molecular formula is C22H20F6O5. The first-order valence-corrected chi connectivity index (χ1v) is 10.4. The van der Waals surface area contributed by atoms with E-state index >= 15 is 0 Å². The van der Waals surface area contributed by atoms with Gasteiger partial charge in [0.05, 0.1) is 0 Å². The molecule has 5 atom stereocenters. The molecule has 0 saturated heterocycles. The molecule has 11 heteroatoms. The smallest absolute Gasteiger partial charge is 0.447 e. The molecule has 2 fully saturated rings. The van der Waals surface area contributed by atoms with Crippen molar-refractivity contribution in [3.05, 3.63) is 29.3 Å². The van der Waals surface area contributed by atoms with Gasteiger partial charge >= 0.3 is 24.3 Å². The zero-order valence-electron chi connectivity index (χ0n) is 17.4. The fraction of sp³-hybridized carbons (Fsp3) is 0.591. The summed E-state index contributed by atoms with van der Waals surface area (Å²) in [6, 6.07) is 4.29. The van der Waals surface area contributed by atoms with E-state index in [1.165, 1.54) is 12.1 Å². The van der Waals surface area contributed by atoms with Crippen LogP contribution in [0.2, 0.25) is 0 Å². The van der Waals surface area contributed by atoms with Crippen LogP contribution in [0.15, 0.2) is 18.2 Å². The Morgan fingerprint density at radius 2 is 1.70 bits per heavy atom. The van der Waals surface area contributed by atoms with Crippen molar-refractivity contribution in [3.63, 3.8) is 0 Å². The Morgan fingerprint density at radius 3 is 2.33 bits per heavy atom. The minimum Gasteiger partial charge on any atom is -0.447 e. The molecular weight excluding hydrogens is 458 g/mol. The molecule has 5 nitrogen and oxygen atoms in total. The molecule has 2 saturated carbocycles. The van der Waals surface area contributed by atoms with Crippen molar-refractivity contribution in [2.24, 2.45) is 17.3 Å². The molecule has 0 radical (unpaired) electrons. The lowest BCUT2D eigenvalue weighted by Crippen LogP contribution is -2.47. The monoisotopic (exact) mass is 478 g/mol. The van der Waals surface area contributed by atoms with E-state index in [2.05, 4.69) is 9.47 Å². The van der Waals surface area contributed by atoms with Gasteiger partial charge in [-0.15, -0.1) is 0 Å². The molecule has 0 amide bonds. The highest BCUT2D eigenvalue weighted by Gasteiger charge is 2.61. The molecule has 0 aromatic heterocycles. The van der Waals surface area contributed by atoms with Crippen molar-refractivity contribution in [2.45, 2.75) is 63.4 Å². The third-order valence-corrected chi connectivity index (χ3v) is 7.35. The van der Waals surface area contributed by atoms with Crippen molar-refractivity contribution in [1.82, 2.24) is 0 Å². The fourth-order valence-corrected chi connectivity index (χ4v) is 5.91. The van der Waals surface area contributed by atoms with Crippen LogP contribution < -0.4 is 4.74 Å². The van der Waals surface area contributed by atoms with Crippen LogP contribution >= 0.6 is 0 Å². The summed E-state index contributed by atoms with van der Waals surface area (Å²) in [4.78, 5) is 35.1. The van der Waals surface area contributed by atoms with E-state index in [0.717, 1.165) is 11.1 Å². The van der Waals surface area contributed by atoms with Gasteiger partial charge in [0.1, 0.15) is 5.75 Å². The quantitative estimate of drug-likeness (QED) is 0.351. The number of aryl methyl sites for hydroxylation is 1. The summed E-state index contributed by atoms with van der Waals surface area (Å²) in [5.74, 6) is -5.83. The molecule has 0 N–H and O–H groups in total. The number of carbonyl (C=O) groups is 3. The van der Waals surface area contributed by atoms with Crippen molar-refractivity contribution >= 4 is 17.7 Å². The van der Waals surface area contributed by atoms with Crippen molar-refractivity contribution in [1.29, 1.82) is 0 Å². The first-order chi connectivity index (χ1) is 15.2. The number of rotatable bonds is 2. The highest BCUT2D eigenvalue weighted by Crippen LogP contribution is 2.61. The average molecular weight is 478 g/mol. The maximum absolute atomic E-state index is 12.7. The third-order valence-electron chi connectivity index (χ3n) is 7.35. The van der Waals surface area contributed by atoms with E-state index in [9.17, 15) is 40.7 Å². The Kier molecular flexibility index (Phi) is 5.52. The number of halogens is 6. The summed E-state index contributed by atoms with van der Waals surface area (Å²) >= 11 is 0. The van der Waals surface area contributed by atoms with Gasteiger partial charge in [-0.1, -0.05) is 13.0 Å². The molecule has 0 heterocycles. The molecule has 33 heavy (non-hydrogen) atoms. The van der Waals surface area contributed by atoms with Gasteiger partial charge in [0, 0.05) is 11.8 Å². The van der Waals surface area contributed by atoms with E-state index < -0.39 is 41.6 Å². The molecule has 3 aliphatic carbocycles. The number of carbonyl (C=O) groups excluding carboxylic acids is 3. The van der Waals surface area contributed by atoms with Crippen molar-refractivity contribution in [3.8, 4) is 5.75 Å². The Hall–Kier alpha value is -2.59. The summed E-state index contributed by atoms with van der Waals surface area (Å²) in [5.41, 5.74) is 0.679. The van der Waals surface area contributed by atoms with Gasteiger partial charge in [0.15, 0.2) is 11.9 Å². The van der Waals surface area contributed by atoms with E-state index in [0.29, 0.717) is 25.7 Å². The average Bonchev–Trinajstić information content (AvgIpc) is 2.96. The van der Waals surface area contributed by atoms with E-state index in [-0.39, 0.29) is 29.9 Å². The van der Waals surface area contributed by atoms with Crippen LogP contribution in [0.4, 0.5) is 26.3 Å². The predicted octanol–water partition coefficient (Wildman–Crippen LogP) is 4.66. The second kappa shape index (κ2) is 7.73. The fourth-order valence-electron chi connectivity index (χ4n) is 5.91. The summed E-state index contributed by atoms with van der Waals surface area (Å²) < 4.78 is 84.6. The number of fused-ring (bicyclic) bond motifs is 5. The lowest BCUT2D eigenvalue weighted by atomic mass is 9.55. The first-order valence-electron chi connectivity index (χ1n) is 10.4. The van der Waals surface area contributed by atoms with Gasteiger partial charge in [0.25, 0.3) is 0 Å². The SMILES string of the molecule is C[C@]12CC[C@@H]3c4ccc(OC(=O)C(F)(F)F)cc4CCC3[C@@H]1CC(=O)[C@H]2OC(=O)C(F)(F)F. The van der Waals surface area contributed by atoms with Gasteiger partial charge in [-0.3, -0.25) is 4.79 Å². The molecule has 1 aromatic carbocycles. The molecule has 0 aliphatic heterocycles. The van der Waals surface area contributed by atoms with Crippen LogP contribution in [0.5, 0.6) is 5.75 Å². The molecule has 4 rings (SSSR count). The van der Waals surface area contributed by atoms with Crippen LogP contribution in [-0.4, -0.2) is 36.2 Å². The Balaban J connectivity index is 1.55. The van der Waals surface area contributed by atoms with Gasteiger partial charge in [-0.25, -0.2) is 9.59 Å². The number of esters is 2. The molecule has 3 aliphatic rings. The zero-order valence-corrected chi connectivity index (χ0v) is 17.4. The minimum atomic E-state index is -5.19. The Labute approximate surface area is 184 Å². The van der Waals surface area contributed by atoms with Crippen molar-refractivity contribution in [2.75, 3.05) is 0 Å². The maximum atomic E-state index is 12.7. The van der Waals surface area contributed by atoms with E-state index in [1.54, 1.807) is 13.0 Å². The largest absolute Gasteiger partial charge is 0.491 e. The summed E-state index contributed by atoms with van der Waals surface area (Å²) in [5, 5.41) is 0. The third kappa shape index (κ3) is 4.10. The van der Waals surface area contributed by atoms with Gasteiger partial charge < -0.3 is 9.47 Å². The van der Waals surface area contributed by atoms with E-state index in [4.69, 9.17) is 0 Å². The highest BCUT2D eigenvalue weighted by atomic mass is 19.4.